The van der Waals surface area contributed by atoms with Crippen molar-refractivity contribution in [1.29, 1.82) is 0 Å². The third-order valence-corrected chi connectivity index (χ3v) is 6.21. The van der Waals surface area contributed by atoms with Gasteiger partial charge in [-0.3, -0.25) is 0 Å². The number of benzene rings is 1. The van der Waals surface area contributed by atoms with Crippen molar-refractivity contribution in [3.05, 3.63) is 28.8 Å². The number of thioether (sulfide) groups is 1. The van der Waals surface area contributed by atoms with Gasteiger partial charge in [0.1, 0.15) is 10.4 Å². The summed E-state index contributed by atoms with van der Waals surface area (Å²) in [5, 5.41) is -0.0330. The third-order valence-electron chi connectivity index (χ3n) is 3.11. The molecule has 0 spiro atoms. The molecule has 1 aromatic carbocycles. The first-order valence-electron chi connectivity index (χ1n) is 5.93. The van der Waals surface area contributed by atoms with Gasteiger partial charge in [-0.2, -0.15) is 11.8 Å². The van der Waals surface area contributed by atoms with Crippen LogP contribution in [-0.2, 0) is 9.84 Å². The second-order valence-electron chi connectivity index (χ2n) is 4.58. The van der Waals surface area contributed by atoms with E-state index in [-0.39, 0.29) is 4.99 Å². The van der Waals surface area contributed by atoms with Crippen LogP contribution in [0.4, 0.5) is 5.69 Å². The molecule has 0 radical (unpaired) electrons. The second kappa shape index (κ2) is 6.09. The zero-order valence-corrected chi connectivity index (χ0v) is 14.1. The number of hydrogen-bond acceptors (Lipinski definition) is 5. The summed E-state index contributed by atoms with van der Waals surface area (Å²) in [4.78, 5) is 2.07. The molecule has 0 saturated carbocycles. The number of rotatable bonds is 3. The molecule has 1 unspecified atom stereocenters. The molecule has 1 aromatic rings. The van der Waals surface area contributed by atoms with Gasteiger partial charge in [-0.25, -0.2) is 8.42 Å². The average molecular weight is 351 g/mol. The van der Waals surface area contributed by atoms with E-state index >= 15 is 0 Å². The average Bonchev–Trinajstić information content (AvgIpc) is 2.37. The highest BCUT2D eigenvalue weighted by Crippen LogP contribution is 2.31. The maximum Gasteiger partial charge on any atom is 0.169 e. The Balaban J connectivity index is 2.50. The molecule has 110 valence electrons. The number of thiocarbonyl (C=S) groups is 1. The number of halogens is 1. The van der Waals surface area contributed by atoms with Crippen molar-refractivity contribution in [2.75, 3.05) is 29.2 Å². The Morgan fingerprint density at radius 1 is 1.55 bits per heavy atom. The van der Waals surface area contributed by atoms with Crippen molar-refractivity contribution in [1.82, 2.24) is 0 Å². The number of nitrogens with zero attached hydrogens (tertiary/aromatic N) is 1. The van der Waals surface area contributed by atoms with Gasteiger partial charge < -0.3 is 10.6 Å². The summed E-state index contributed by atoms with van der Waals surface area (Å²) >= 11 is 12.7. The van der Waals surface area contributed by atoms with Crippen molar-refractivity contribution in [2.24, 2.45) is 5.73 Å². The van der Waals surface area contributed by atoms with E-state index in [1.807, 2.05) is 4.90 Å². The second-order valence-corrected chi connectivity index (χ2v) is 8.81. The van der Waals surface area contributed by atoms with Gasteiger partial charge in [-0.1, -0.05) is 23.8 Å². The molecule has 20 heavy (non-hydrogen) atoms. The number of hydrogen-bond donors (Lipinski definition) is 1. The zero-order valence-electron chi connectivity index (χ0n) is 10.9. The minimum absolute atomic E-state index is 0.216. The van der Waals surface area contributed by atoms with Crippen LogP contribution in [0.25, 0.3) is 0 Å². The lowest BCUT2D eigenvalue weighted by molar-refractivity contribution is 0.584. The van der Waals surface area contributed by atoms with Gasteiger partial charge in [-0.15, -0.1) is 0 Å². The fourth-order valence-electron chi connectivity index (χ4n) is 2.17. The van der Waals surface area contributed by atoms with Crippen LogP contribution in [0.5, 0.6) is 0 Å². The van der Waals surface area contributed by atoms with Gasteiger partial charge in [0.15, 0.2) is 9.84 Å². The van der Waals surface area contributed by atoms with Crippen LogP contribution in [0.1, 0.15) is 5.56 Å². The van der Waals surface area contributed by atoms with Crippen molar-refractivity contribution in [3.63, 3.8) is 0 Å². The highest BCUT2D eigenvalue weighted by molar-refractivity contribution is 8.01. The van der Waals surface area contributed by atoms with Crippen LogP contribution in [0.2, 0.25) is 5.02 Å². The van der Waals surface area contributed by atoms with E-state index in [1.165, 1.54) is 6.26 Å². The first-order chi connectivity index (χ1) is 9.30. The predicted molar refractivity (Wildman–Crippen MR) is 90.6 cm³/mol. The minimum Gasteiger partial charge on any atom is -0.389 e. The van der Waals surface area contributed by atoms with Crippen LogP contribution >= 0.6 is 35.6 Å². The van der Waals surface area contributed by atoms with E-state index in [4.69, 9.17) is 29.6 Å². The van der Waals surface area contributed by atoms with Crippen molar-refractivity contribution >= 4 is 56.1 Å². The van der Waals surface area contributed by atoms with Crippen LogP contribution in [-0.4, -0.2) is 43.1 Å². The fraction of sp³-hybridized carbons (Fsp3) is 0.417. The van der Waals surface area contributed by atoms with Crippen molar-refractivity contribution < 1.29 is 8.42 Å². The van der Waals surface area contributed by atoms with Crippen LogP contribution in [0.15, 0.2) is 18.2 Å². The quantitative estimate of drug-likeness (QED) is 0.840. The molecule has 4 nitrogen and oxygen atoms in total. The van der Waals surface area contributed by atoms with Crippen LogP contribution in [0.3, 0.4) is 0 Å². The normalized spacial score (nSPS) is 19.9. The maximum absolute atomic E-state index is 12.0. The molecule has 0 amide bonds. The lowest BCUT2D eigenvalue weighted by Gasteiger charge is -2.37. The van der Waals surface area contributed by atoms with Gasteiger partial charge in [0.2, 0.25) is 0 Å². The van der Waals surface area contributed by atoms with E-state index in [1.54, 1.807) is 30.0 Å². The van der Waals surface area contributed by atoms with Gasteiger partial charge in [-0.05, 0) is 18.2 Å². The summed E-state index contributed by atoms with van der Waals surface area (Å²) in [6, 6.07) is 5.19. The molecule has 0 aliphatic carbocycles. The van der Waals surface area contributed by atoms with Gasteiger partial charge in [0.05, 0.1) is 0 Å². The summed E-state index contributed by atoms with van der Waals surface area (Å²) in [5.41, 5.74) is 7.09. The molecular formula is C12H15ClN2O2S3. The SMILES string of the molecule is CS(=O)(=O)C1CSCCN1c1ccc(Cl)cc1C(N)=S. The van der Waals surface area contributed by atoms with E-state index in [0.29, 0.717) is 22.9 Å². The number of sulfone groups is 1. The molecule has 1 aliphatic heterocycles. The molecule has 0 aromatic heterocycles. The Bertz CT molecular complexity index is 634. The summed E-state index contributed by atoms with van der Waals surface area (Å²) < 4.78 is 23.9. The van der Waals surface area contributed by atoms with Gasteiger partial charge in [0.25, 0.3) is 0 Å². The minimum atomic E-state index is -3.19. The molecule has 0 bridgehead atoms. The Morgan fingerprint density at radius 2 is 2.25 bits per heavy atom. The molecule has 2 N–H and O–H groups in total. The lowest BCUT2D eigenvalue weighted by Crippen LogP contribution is -2.47. The first kappa shape index (κ1) is 15.9. The van der Waals surface area contributed by atoms with E-state index in [9.17, 15) is 8.42 Å². The van der Waals surface area contributed by atoms with E-state index in [0.717, 1.165) is 11.4 Å². The summed E-state index contributed by atoms with van der Waals surface area (Å²) in [7, 11) is -3.19. The van der Waals surface area contributed by atoms with Gasteiger partial charge >= 0.3 is 0 Å². The summed E-state index contributed by atoms with van der Waals surface area (Å²) in [5.74, 6) is 1.41. The fourth-order valence-corrected chi connectivity index (χ4v) is 5.34. The standard InChI is InChI=1S/C12H15ClN2O2S3/c1-20(16,17)11-7-19-5-4-15(11)10-3-2-8(13)6-9(10)12(14)18/h2-3,6,11H,4-5,7H2,1H3,(H2,14,18). The van der Waals surface area contributed by atoms with Crippen molar-refractivity contribution in [2.45, 2.75) is 5.37 Å². The number of nitrogens with two attached hydrogens (primary N) is 1. The Labute approximate surface area is 133 Å². The highest BCUT2D eigenvalue weighted by Gasteiger charge is 2.32. The molecule has 1 fully saturated rings. The van der Waals surface area contributed by atoms with Gasteiger partial charge in [0, 0.05) is 40.6 Å². The van der Waals surface area contributed by atoms with Crippen molar-refractivity contribution in [3.8, 4) is 0 Å². The van der Waals surface area contributed by atoms with Crippen LogP contribution < -0.4 is 10.6 Å². The van der Waals surface area contributed by atoms with E-state index < -0.39 is 15.2 Å². The number of anilines is 1. The maximum atomic E-state index is 12.0. The first-order valence-corrected chi connectivity index (χ1v) is 9.83. The smallest absolute Gasteiger partial charge is 0.169 e. The Hall–Kier alpha value is -0.500. The molecular weight excluding hydrogens is 336 g/mol. The molecule has 2 rings (SSSR count). The zero-order chi connectivity index (χ0) is 14.9. The predicted octanol–water partition coefficient (Wildman–Crippen LogP) is 1.90. The lowest BCUT2D eigenvalue weighted by atomic mass is 10.1. The largest absolute Gasteiger partial charge is 0.389 e. The highest BCUT2D eigenvalue weighted by atomic mass is 35.5. The molecule has 1 heterocycles. The molecule has 1 aliphatic rings. The Kier molecular flexibility index (Phi) is 4.84. The molecule has 1 saturated heterocycles. The molecule has 1 atom stereocenters. The summed E-state index contributed by atoms with van der Waals surface area (Å²) in [6.45, 7) is 0.639. The topological polar surface area (TPSA) is 63.4 Å². The monoisotopic (exact) mass is 350 g/mol. The van der Waals surface area contributed by atoms with E-state index in [2.05, 4.69) is 0 Å². The summed E-state index contributed by atoms with van der Waals surface area (Å²) in [6.07, 6.45) is 1.26. The Morgan fingerprint density at radius 3 is 2.85 bits per heavy atom. The molecule has 8 heteroatoms. The van der Waals surface area contributed by atoms with Crippen LogP contribution in [0, 0.1) is 0 Å². The third kappa shape index (κ3) is 3.39.